The zero-order valence-electron chi connectivity index (χ0n) is 17.3. The molecule has 3 heterocycles. The number of nitrogens with two attached hydrogens (primary N) is 1. The minimum atomic E-state index is -0.604. The Morgan fingerprint density at radius 3 is 2.62 bits per heavy atom. The Balaban J connectivity index is 1.59. The maximum atomic E-state index is 13.4. The van der Waals surface area contributed by atoms with Crippen LogP contribution in [0.2, 0.25) is 0 Å². The van der Waals surface area contributed by atoms with E-state index in [2.05, 4.69) is 0 Å². The van der Waals surface area contributed by atoms with E-state index < -0.39 is 11.9 Å². The molecule has 0 aliphatic carbocycles. The summed E-state index contributed by atoms with van der Waals surface area (Å²) in [6.45, 7) is 0.797. The molecule has 0 spiro atoms. The molecule has 5 rings (SSSR count). The zero-order valence-corrected chi connectivity index (χ0v) is 17.3. The number of amides is 2. The van der Waals surface area contributed by atoms with Gasteiger partial charge in [-0.1, -0.05) is 24.3 Å². The largest absolute Gasteiger partial charge is 0.484 e. The average Bonchev–Trinajstić information content (AvgIpc) is 3.40. The van der Waals surface area contributed by atoms with Crippen LogP contribution in [0, 0.1) is 0 Å². The fraction of sp³-hybridized carbons (Fsp3) is 0.292. The summed E-state index contributed by atoms with van der Waals surface area (Å²) in [7, 11) is 0. The van der Waals surface area contributed by atoms with Gasteiger partial charge >= 0.3 is 0 Å². The van der Waals surface area contributed by atoms with E-state index in [-0.39, 0.29) is 29.8 Å². The predicted octanol–water partition coefficient (Wildman–Crippen LogP) is 2.38. The first kappa shape index (κ1) is 20.3. The summed E-state index contributed by atoms with van der Waals surface area (Å²) in [4.78, 5) is 39.4. The summed E-state index contributed by atoms with van der Waals surface area (Å²) in [5.74, 6) is -0.354. The van der Waals surface area contributed by atoms with Crippen molar-refractivity contribution >= 4 is 22.8 Å². The topological polar surface area (TPSA) is 112 Å². The summed E-state index contributed by atoms with van der Waals surface area (Å²) < 4.78 is 17.0. The summed E-state index contributed by atoms with van der Waals surface area (Å²) >= 11 is 0. The number of ether oxygens (including phenoxy) is 2. The number of primary amides is 1. The highest BCUT2D eigenvalue weighted by atomic mass is 16.5. The molecule has 2 aliphatic heterocycles. The highest BCUT2D eigenvalue weighted by molar-refractivity contribution is 5.99. The van der Waals surface area contributed by atoms with Crippen molar-refractivity contribution in [1.29, 1.82) is 0 Å². The fourth-order valence-electron chi connectivity index (χ4n) is 4.41. The van der Waals surface area contributed by atoms with Gasteiger partial charge < -0.3 is 24.5 Å². The molecular weight excluding hydrogens is 412 g/mol. The van der Waals surface area contributed by atoms with E-state index in [0.717, 1.165) is 18.4 Å². The number of carbonyl (C=O) groups excluding carboxylic acids is 2. The van der Waals surface area contributed by atoms with Gasteiger partial charge in [0.15, 0.2) is 12.0 Å². The van der Waals surface area contributed by atoms with Crippen molar-refractivity contribution in [2.45, 2.75) is 25.0 Å². The van der Waals surface area contributed by atoms with Crippen LogP contribution in [-0.4, -0.2) is 42.6 Å². The molecule has 2 aromatic carbocycles. The minimum absolute atomic E-state index is 0.0748. The lowest BCUT2D eigenvalue weighted by Crippen LogP contribution is -2.36. The first-order valence-corrected chi connectivity index (χ1v) is 10.5. The molecule has 0 bridgehead atoms. The van der Waals surface area contributed by atoms with Crippen molar-refractivity contribution in [3.8, 4) is 5.75 Å². The number of rotatable bonds is 6. The van der Waals surface area contributed by atoms with Gasteiger partial charge in [0.25, 0.3) is 11.8 Å². The van der Waals surface area contributed by atoms with E-state index >= 15 is 0 Å². The quantitative estimate of drug-likeness (QED) is 0.638. The lowest BCUT2D eigenvalue weighted by molar-refractivity contribution is -0.119. The predicted molar refractivity (Wildman–Crippen MR) is 115 cm³/mol. The van der Waals surface area contributed by atoms with Gasteiger partial charge in [0.1, 0.15) is 11.3 Å². The Labute approximate surface area is 183 Å². The molecule has 2 N–H and O–H groups in total. The first-order chi connectivity index (χ1) is 15.5. The van der Waals surface area contributed by atoms with Crippen LogP contribution in [0.1, 0.15) is 40.6 Å². The summed E-state index contributed by atoms with van der Waals surface area (Å²) in [5.41, 5.74) is 6.37. The zero-order chi connectivity index (χ0) is 22.2. The van der Waals surface area contributed by atoms with Crippen LogP contribution in [0.15, 0.2) is 57.7 Å². The van der Waals surface area contributed by atoms with Crippen LogP contribution in [-0.2, 0) is 9.53 Å². The molecule has 0 saturated carbocycles. The monoisotopic (exact) mass is 434 g/mol. The molecule has 1 saturated heterocycles. The van der Waals surface area contributed by atoms with E-state index in [4.69, 9.17) is 19.6 Å². The van der Waals surface area contributed by atoms with Crippen molar-refractivity contribution in [3.05, 3.63) is 75.6 Å². The van der Waals surface area contributed by atoms with E-state index in [1.807, 2.05) is 0 Å². The fourth-order valence-corrected chi connectivity index (χ4v) is 4.41. The van der Waals surface area contributed by atoms with E-state index in [1.165, 1.54) is 0 Å². The van der Waals surface area contributed by atoms with Gasteiger partial charge in [-0.15, -0.1) is 0 Å². The normalized spacial score (nSPS) is 20.0. The molecule has 8 heteroatoms. The van der Waals surface area contributed by atoms with Gasteiger partial charge in [-0.3, -0.25) is 14.4 Å². The second kappa shape index (κ2) is 8.12. The summed E-state index contributed by atoms with van der Waals surface area (Å²) in [6.07, 6.45) is 1.71. The maximum absolute atomic E-state index is 13.4. The molecular formula is C24H22N2O6. The molecule has 8 nitrogen and oxygen atoms in total. The third-order valence-electron chi connectivity index (χ3n) is 5.87. The molecule has 32 heavy (non-hydrogen) atoms. The summed E-state index contributed by atoms with van der Waals surface area (Å²) in [5, 5.41) is 0.435. The lowest BCUT2D eigenvalue weighted by atomic mass is 9.98. The smallest absolute Gasteiger partial charge is 0.291 e. The second-order valence-corrected chi connectivity index (χ2v) is 7.99. The van der Waals surface area contributed by atoms with Crippen LogP contribution < -0.4 is 15.9 Å². The van der Waals surface area contributed by atoms with Crippen molar-refractivity contribution < 1.29 is 23.5 Å². The van der Waals surface area contributed by atoms with Crippen molar-refractivity contribution in [3.63, 3.8) is 0 Å². The Kier molecular flexibility index (Phi) is 5.14. The highest BCUT2D eigenvalue weighted by Crippen LogP contribution is 2.39. The Hall–Kier alpha value is -3.65. The molecule has 3 aromatic rings. The van der Waals surface area contributed by atoms with E-state index in [1.54, 1.807) is 53.4 Å². The Morgan fingerprint density at radius 2 is 1.91 bits per heavy atom. The molecule has 0 unspecified atom stereocenters. The van der Waals surface area contributed by atoms with Gasteiger partial charge in [0.2, 0.25) is 5.76 Å². The van der Waals surface area contributed by atoms with Gasteiger partial charge in [-0.25, -0.2) is 0 Å². The minimum Gasteiger partial charge on any atom is -0.484 e. The number of carbonyl (C=O) groups is 2. The van der Waals surface area contributed by atoms with Crippen LogP contribution >= 0.6 is 0 Å². The van der Waals surface area contributed by atoms with E-state index in [9.17, 15) is 14.4 Å². The van der Waals surface area contributed by atoms with Crippen LogP contribution in [0.3, 0.4) is 0 Å². The SMILES string of the molecule is NC(=O)COc1ccc([C@H]2c3c(oc4ccccc4c3=O)C(=O)N2C[C@@H]2CCCO2)cc1. The molecule has 164 valence electrons. The van der Waals surface area contributed by atoms with Crippen molar-refractivity contribution in [2.24, 2.45) is 5.73 Å². The van der Waals surface area contributed by atoms with Gasteiger partial charge in [0, 0.05) is 13.2 Å². The number of benzene rings is 2. The van der Waals surface area contributed by atoms with Crippen molar-refractivity contribution in [2.75, 3.05) is 19.8 Å². The Morgan fingerprint density at radius 1 is 1.12 bits per heavy atom. The van der Waals surface area contributed by atoms with Gasteiger partial charge in [0.05, 0.1) is 23.1 Å². The molecule has 2 atom stereocenters. The number of hydrogen-bond donors (Lipinski definition) is 1. The van der Waals surface area contributed by atoms with Crippen LogP contribution in [0.25, 0.3) is 11.0 Å². The van der Waals surface area contributed by atoms with E-state index in [0.29, 0.717) is 35.4 Å². The third-order valence-corrected chi connectivity index (χ3v) is 5.87. The molecule has 1 fully saturated rings. The molecule has 2 aliphatic rings. The molecule has 0 radical (unpaired) electrons. The number of hydrogen-bond acceptors (Lipinski definition) is 6. The number of nitrogens with zero attached hydrogens (tertiary/aromatic N) is 1. The van der Waals surface area contributed by atoms with Crippen LogP contribution in [0.4, 0.5) is 0 Å². The van der Waals surface area contributed by atoms with Gasteiger partial charge in [-0.05, 0) is 42.7 Å². The summed E-state index contributed by atoms with van der Waals surface area (Å²) in [6, 6.07) is 13.3. The molecule has 2 amide bonds. The van der Waals surface area contributed by atoms with Crippen molar-refractivity contribution in [1.82, 2.24) is 4.90 Å². The number of para-hydroxylation sites is 1. The van der Waals surface area contributed by atoms with Gasteiger partial charge in [-0.2, -0.15) is 0 Å². The van der Waals surface area contributed by atoms with Crippen LogP contribution in [0.5, 0.6) is 5.75 Å². The number of fused-ring (bicyclic) bond motifs is 2. The Bertz CT molecular complexity index is 1240. The first-order valence-electron chi connectivity index (χ1n) is 10.5. The third kappa shape index (κ3) is 3.52. The molecule has 1 aromatic heterocycles. The second-order valence-electron chi connectivity index (χ2n) is 7.99. The average molecular weight is 434 g/mol. The maximum Gasteiger partial charge on any atom is 0.291 e. The lowest BCUT2D eigenvalue weighted by Gasteiger charge is -2.27. The standard InChI is InChI=1S/C24H22N2O6/c25-19(27)13-31-15-9-7-14(8-10-15)21-20-22(28)17-5-1-2-6-18(17)32-23(20)24(29)26(21)12-16-4-3-11-30-16/h1-2,5-10,16,21H,3-4,11-13H2,(H2,25,27)/t16-,21-/m0/s1. The highest BCUT2D eigenvalue weighted by Gasteiger charge is 2.43.